The van der Waals surface area contributed by atoms with Gasteiger partial charge in [0.05, 0.1) is 21.0 Å². The molecule has 0 spiro atoms. The Bertz CT molecular complexity index is 1250. The highest BCUT2D eigenvalue weighted by Crippen LogP contribution is 2.34. The lowest BCUT2D eigenvalue weighted by atomic mass is 10.2. The van der Waals surface area contributed by atoms with E-state index in [-0.39, 0.29) is 0 Å². The Kier molecular flexibility index (Phi) is 5.83. The summed E-state index contributed by atoms with van der Waals surface area (Å²) in [4.78, 5) is 19.0. The summed E-state index contributed by atoms with van der Waals surface area (Å²) in [6.45, 7) is 7.98. The molecule has 1 aromatic carbocycles. The van der Waals surface area contributed by atoms with E-state index in [9.17, 15) is 0 Å². The highest BCUT2D eigenvalue weighted by atomic mass is 127. The van der Waals surface area contributed by atoms with Crippen LogP contribution >= 0.6 is 22.6 Å². The van der Waals surface area contributed by atoms with Gasteiger partial charge >= 0.3 is 0 Å². The first-order valence-electron chi connectivity index (χ1n) is 10.5. The zero-order valence-electron chi connectivity index (χ0n) is 17.9. The number of anilines is 3. The predicted octanol–water partition coefficient (Wildman–Crippen LogP) is 4.52. The number of hydrogen-bond donors (Lipinski definition) is 3. The number of H-pyrrole nitrogens is 1. The molecule has 3 aromatic heterocycles. The van der Waals surface area contributed by atoms with Gasteiger partial charge in [-0.2, -0.15) is 0 Å². The van der Waals surface area contributed by atoms with Crippen LogP contribution in [-0.2, 0) is 0 Å². The second kappa shape index (κ2) is 8.91. The fourth-order valence-corrected chi connectivity index (χ4v) is 4.56. The van der Waals surface area contributed by atoms with Gasteiger partial charge in [-0.3, -0.25) is 0 Å². The molecular formula is C23H24IN7O. The molecule has 1 fully saturated rings. The van der Waals surface area contributed by atoms with Crippen LogP contribution in [0.25, 0.3) is 10.9 Å². The van der Waals surface area contributed by atoms with Gasteiger partial charge in [-0.1, -0.05) is 0 Å². The SMILES string of the molecule is Cc1cc2c(I)c(Oc3ncnc(Nc4ccc(N5CCNCC5)cn4)c3C)ccc2[nH]1. The third kappa shape index (κ3) is 4.22. The van der Waals surface area contributed by atoms with E-state index in [1.165, 1.54) is 6.33 Å². The average molecular weight is 541 g/mol. The maximum Gasteiger partial charge on any atom is 0.227 e. The van der Waals surface area contributed by atoms with E-state index >= 15 is 0 Å². The van der Waals surface area contributed by atoms with E-state index in [2.05, 4.69) is 70.2 Å². The van der Waals surface area contributed by atoms with Crippen LogP contribution in [-0.4, -0.2) is 46.1 Å². The minimum atomic E-state index is 0.518. The van der Waals surface area contributed by atoms with Gasteiger partial charge in [-0.05, 0) is 66.8 Å². The first-order chi connectivity index (χ1) is 15.6. The molecule has 3 N–H and O–H groups in total. The van der Waals surface area contributed by atoms with Crippen LogP contribution in [0.2, 0.25) is 0 Å². The summed E-state index contributed by atoms with van der Waals surface area (Å²) in [6.07, 6.45) is 3.41. The van der Waals surface area contributed by atoms with E-state index in [0.717, 1.165) is 69.2 Å². The van der Waals surface area contributed by atoms with E-state index in [4.69, 9.17) is 4.74 Å². The number of aromatic nitrogens is 4. The van der Waals surface area contributed by atoms with Crippen molar-refractivity contribution in [1.82, 2.24) is 25.3 Å². The number of pyridine rings is 1. The van der Waals surface area contributed by atoms with Gasteiger partial charge in [-0.15, -0.1) is 0 Å². The Morgan fingerprint density at radius 2 is 1.91 bits per heavy atom. The molecule has 0 unspecified atom stereocenters. The molecule has 164 valence electrons. The molecule has 0 atom stereocenters. The van der Waals surface area contributed by atoms with Crippen molar-refractivity contribution in [2.45, 2.75) is 13.8 Å². The lowest BCUT2D eigenvalue weighted by Crippen LogP contribution is -2.43. The molecule has 0 amide bonds. The summed E-state index contributed by atoms with van der Waals surface area (Å²) in [7, 11) is 0. The average Bonchev–Trinajstić information content (AvgIpc) is 3.20. The third-order valence-corrected chi connectivity index (χ3v) is 6.67. The smallest absolute Gasteiger partial charge is 0.227 e. The van der Waals surface area contributed by atoms with Gasteiger partial charge in [0.25, 0.3) is 0 Å². The van der Waals surface area contributed by atoms with E-state index < -0.39 is 0 Å². The fourth-order valence-electron chi connectivity index (χ4n) is 3.83. The van der Waals surface area contributed by atoms with Gasteiger partial charge in [0.2, 0.25) is 5.88 Å². The van der Waals surface area contributed by atoms with Crippen LogP contribution in [0.3, 0.4) is 0 Å². The largest absolute Gasteiger partial charge is 0.437 e. The van der Waals surface area contributed by atoms with Crippen molar-refractivity contribution in [1.29, 1.82) is 0 Å². The Morgan fingerprint density at radius 1 is 1.06 bits per heavy atom. The molecule has 4 aromatic rings. The highest BCUT2D eigenvalue weighted by Gasteiger charge is 2.15. The van der Waals surface area contributed by atoms with Crippen molar-refractivity contribution in [3.05, 3.63) is 57.7 Å². The Balaban J connectivity index is 1.35. The maximum atomic E-state index is 6.19. The predicted molar refractivity (Wildman–Crippen MR) is 135 cm³/mol. The molecule has 0 bridgehead atoms. The van der Waals surface area contributed by atoms with Gasteiger partial charge in [0.15, 0.2) is 0 Å². The van der Waals surface area contributed by atoms with Crippen LogP contribution in [0.15, 0.2) is 42.9 Å². The Labute approximate surface area is 200 Å². The normalized spacial score (nSPS) is 14.0. The number of rotatable bonds is 5. The monoisotopic (exact) mass is 541 g/mol. The van der Waals surface area contributed by atoms with Crippen molar-refractivity contribution in [2.75, 3.05) is 36.4 Å². The summed E-state index contributed by atoms with van der Waals surface area (Å²) in [5.41, 5.74) is 4.17. The van der Waals surface area contributed by atoms with Crippen molar-refractivity contribution in [2.24, 2.45) is 0 Å². The number of nitrogens with zero attached hydrogens (tertiary/aromatic N) is 4. The van der Waals surface area contributed by atoms with Crippen LogP contribution in [0.4, 0.5) is 17.3 Å². The van der Waals surface area contributed by atoms with E-state index in [0.29, 0.717) is 11.7 Å². The van der Waals surface area contributed by atoms with E-state index in [1.54, 1.807) is 0 Å². The molecule has 0 saturated carbocycles. The van der Waals surface area contributed by atoms with Crippen molar-refractivity contribution in [3.63, 3.8) is 0 Å². The molecule has 5 rings (SSSR count). The first kappa shape index (κ1) is 21.0. The molecule has 0 aliphatic carbocycles. The van der Waals surface area contributed by atoms with Gasteiger partial charge in [-0.25, -0.2) is 15.0 Å². The molecule has 9 heteroatoms. The second-order valence-electron chi connectivity index (χ2n) is 7.81. The number of piperazine rings is 1. The molecule has 1 aliphatic rings. The number of nitrogens with one attached hydrogen (secondary N) is 3. The van der Waals surface area contributed by atoms with Gasteiger partial charge in [0.1, 0.15) is 23.7 Å². The van der Waals surface area contributed by atoms with E-state index in [1.807, 2.05) is 38.2 Å². The highest BCUT2D eigenvalue weighted by molar-refractivity contribution is 14.1. The minimum Gasteiger partial charge on any atom is -0.437 e. The van der Waals surface area contributed by atoms with Crippen LogP contribution in [0.1, 0.15) is 11.3 Å². The van der Waals surface area contributed by atoms with Crippen molar-refractivity contribution in [3.8, 4) is 11.6 Å². The molecule has 1 saturated heterocycles. The first-order valence-corrected chi connectivity index (χ1v) is 11.6. The lowest BCUT2D eigenvalue weighted by Gasteiger charge is -2.29. The molecule has 1 aliphatic heterocycles. The molecular weight excluding hydrogens is 517 g/mol. The quantitative estimate of drug-likeness (QED) is 0.320. The standard InChI is InChI=1S/C23H24IN7O/c1-14-11-17-18(29-14)4-5-19(21(17)24)32-23-15(2)22(27-13-28-23)30-20-6-3-16(12-26-20)31-9-7-25-8-10-31/h3-6,11-13,25,29H,7-10H2,1-2H3,(H,26,27,28,30). The Hall–Kier alpha value is -2.92. The molecule has 32 heavy (non-hydrogen) atoms. The third-order valence-electron chi connectivity index (χ3n) is 5.56. The molecule has 0 radical (unpaired) electrons. The number of benzene rings is 1. The van der Waals surface area contributed by atoms with Gasteiger partial charge in [0, 0.05) is 42.8 Å². The number of aryl methyl sites for hydroxylation is 1. The summed E-state index contributed by atoms with van der Waals surface area (Å²) < 4.78 is 7.23. The zero-order chi connectivity index (χ0) is 22.1. The number of halogens is 1. The minimum absolute atomic E-state index is 0.518. The molecule has 4 heterocycles. The number of ether oxygens (including phenoxy) is 1. The Morgan fingerprint density at radius 3 is 2.69 bits per heavy atom. The maximum absolute atomic E-state index is 6.19. The topological polar surface area (TPSA) is 91.0 Å². The van der Waals surface area contributed by atoms with Crippen LogP contribution in [0.5, 0.6) is 11.6 Å². The number of aromatic amines is 1. The van der Waals surface area contributed by atoms with Crippen LogP contribution < -0.4 is 20.3 Å². The summed E-state index contributed by atoms with van der Waals surface area (Å²) in [5, 5.41) is 7.80. The number of fused-ring (bicyclic) bond motifs is 1. The summed E-state index contributed by atoms with van der Waals surface area (Å²) in [6, 6.07) is 10.2. The second-order valence-corrected chi connectivity index (χ2v) is 8.89. The summed E-state index contributed by atoms with van der Waals surface area (Å²) in [5.74, 6) is 2.69. The molecule has 8 nitrogen and oxygen atoms in total. The van der Waals surface area contributed by atoms with Crippen molar-refractivity contribution < 1.29 is 4.74 Å². The lowest BCUT2D eigenvalue weighted by molar-refractivity contribution is 0.455. The van der Waals surface area contributed by atoms with Crippen LogP contribution in [0, 0.1) is 17.4 Å². The van der Waals surface area contributed by atoms with Crippen molar-refractivity contribution >= 4 is 50.8 Å². The van der Waals surface area contributed by atoms with Gasteiger partial charge < -0.3 is 25.3 Å². The summed E-state index contributed by atoms with van der Waals surface area (Å²) >= 11 is 2.32. The number of hydrogen-bond acceptors (Lipinski definition) is 7. The fraction of sp³-hybridized carbons (Fsp3) is 0.261. The zero-order valence-corrected chi connectivity index (χ0v) is 20.1.